The molecule has 4 rings (SSSR count). The first kappa shape index (κ1) is 16.8. The van der Waals surface area contributed by atoms with E-state index in [-0.39, 0.29) is 5.92 Å². The Morgan fingerprint density at radius 2 is 1.96 bits per heavy atom. The Hall–Kier alpha value is -2.65. The van der Waals surface area contributed by atoms with Crippen molar-refractivity contribution in [3.8, 4) is 6.07 Å². The van der Waals surface area contributed by atoms with Gasteiger partial charge in [0.25, 0.3) is 0 Å². The number of carbonyl (C=O) groups is 1. The van der Waals surface area contributed by atoms with Crippen LogP contribution in [0.25, 0.3) is 0 Å². The molecule has 1 aromatic heterocycles. The predicted molar refractivity (Wildman–Crippen MR) is 97.1 cm³/mol. The summed E-state index contributed by atoms with van der Waals surface area (Å²) in [4.78, 5) is 17.1. The van der Waals surface area contributed by atoms with Gasteiger partial charge in [-0.3, -0.25) is 14.4 Å². The molecule has 1 saturated heterocycles. The number of aryl methyl sites for hydroxylation is 1. The van der Waals surface area contributed by atoms with E-state index < -0.39 is 0 Å². The third kappa shape index (κ3) is 3.49. The van der Waals surface area contributed by atoms with E-state index in [0.717, 1.165) is 39.1 Å². The summed E-state index contributed by atoms with van der Waals surface area (Å²) < 4.78 is 1.80. The molecule has 26 heavy (non-hydrogen) atoms. The highest BCUT2D eigenvalue weighted by molar-refractivity contribution is 5.83. The maximum Gasteiger partial charge on any atom is 0.226 e. The van der Waals surface area contributed by atoms with Crippen LogP contribution in [0.1, 0.15) is 29.0 Å². The fourth-order valence-corrected chi connectivity index (χ4v) is 3.77. The molecule has 0 unspecified atom stereocenters. The third-order valence-electron chi connectivity index (χ3n) is 5.43. The van der Waals surface area contributed by atoms with Gasteiger partial charge in [-0.05, 0) is 35.6 Å². The standard InChI is InChI=1S/C20H23N5O/c1-23-14-17(12-22-23)18-10-19(18)20(26)25-8-6-24(7-9-25)13-16-4-2-15(11-21)3-5-16/h2-5,12,14,18-19H,6-10,13H2,1H3/t18-,19-/m0/s1. The molecular formula is C20H23N5O. The zero-order valence-corrected chi connectivity index (χ0v) is 15.0. The molecule has 2 atom stereocenters. The molecule has 6 nitrogen and oxygen atoms in total. The van der Waals surface area contributed by atoms with Crippen LogP contribution in [0.15, 0.2) is 36.7 Å². The van der Waals surface area contributed by atoms with Crippen molar-refractivity contribution in [2.75, 3.05) is 26.2 Å². The van der Waals surface area contributed by atoms with Crippen molar-refractivity contribution in [2.24, 2.45) is 13.0 Å². The first-order valence-corrected chi connectivity index (χ1v) is 9.13. The summed E-state index contributed by atoms with van der Waals surface area (Å²) in [5, 5.41) is 13.1. The molecule has 2 aromatic rings. The number of amides is 1. The number of benzene rings is 1. The van der Waals surface area contributed by atoms with Gasteiger partial charge >= 0.3 is 0 Å². The predicted octanol–water partition coefficient (Wildman–Crippen LogP) is 1.74. The fraction of sp³-hybridized carbons (Fsp3) is 0.450. The number of piperazine rings is 1. The SMILES string of the molecule is Cn1cc([C@@H]2C[C@@H]2C(=O)N2CCN(Cc3ccc(C#N)cc3)CC2)cn1. The van der Waals surface area contributed by atoms with Crippen molar-refractivity contribution in [3.63, 3.8) is 0 Å². The zero-order valence-electron chi connectivity index (χ0n) is 15.0. The lowest BCUT2D eigenvalue weighted by Crippen LogP contribution is -2.48. The Labute approximate surface area is 153 Å². The smallest absolute Gasteiger partial charge is 0.226 e. The number of hydrogen-bond acceptors (Lipinski definition) is 4. The molecule has 2 heterocycles. The summed E-state index contributed by atoms with van der Waals surface area (Å²) in [6, 6.07) is 9.90. The molecule has 0 N–H and O–H groups in total. The topological polar surface area (TPSA) is 65.2 Å². The molecule has 0 radical (unpaired) electrons. The molecule has 1 amide bonds. The van der Waals surface area contributed by atoms with Gasteiger partial charge in [-0.25, -0.2) is 0 Å². The molecule has 6 heteroatoms. The minimum Gasteiger partial charge on any atom is -0.340 e. The summed E-state index contributed by atoms with van der Waals surface area (Å²) in [6.45, 7) is 4.26. The van der Waals surface area contributed by atoms with Crippen molar-refractivity contribution in [2.45, 2.75) is 18.9 Å². The second kappa shape index (κ2) is 6.93. The second-order valence-corrected chi connectivity index (χ2v) is 7.31. The molecule has 1 saturated carbocycles. The van der Waals surface area contributed by atoms with E-state index in [9.17, 15) is 4.79 Å². The zero-order chi connectivity index (χ0) is 18.1. The summed E-state index contributed by atoms with van der Waals surface area (Å²) in [6.07, 6.45) is 4.86. The van der Waals surface area contributed by atoms with Crippen molar-refractivity contribution < 1.29 is 4.79 Å². The Morgan fingerprint density at radius 3 is 2.58 bits per heavy atom. The number of nitrogens with zero attached hydrogens (tertiary/aromatic N) is 5. The number of carbonyl (C=O) groups excluding carboxylic acids is 1. The van der Waals surface area contributed by atoms with Crippen LogP contribution in [0, 0.1) is 17.2 Å². The summed E-state index contributed by atoms with van der Waals surface area (Å²) in [7, 11) is 1.91. The molecule has 2 aliphatic rings. The minimum absolute atomic E-state index is 0.143. The highest BCUT2D eigenvalue weighted by atomic mass is 16.2. The monoisotopic (exact) mass is 349 g/mol. The summed E-state index contributed by atoms with van der Waals surface area (Å²) in [5.41, 5.74) is 3.09. The largest absolute Gasteiger partial charge is 0.340 e. The molecule has 0 spiro atoms. The molecule has 2 fully saturated rings. The fourth-order valence-electron chi connectivity index (χ4n) is 3.77. The maximum absolute atomic E-state index is 12.7. The van der Waals surface area contributed by atoms with Gasteiger partial charge in [0.1, 0.15) is 0 Å². The van der Waals surface area contributed by atoms with Crippen LogP contribution >= 0.6 is 0 Å². The van der Waals surface area contributed by atoms with Crippen LogP contribution in [0.3, 0.4) is 0 Å². The molecule has 1 aromatic carbocycles. The van der Waals surface area contributed by atoms with Crippen LogP contribution in [0.5, 0.6) is 0 Å². The number of rotatable bonds is 4. The van der Waals surface area contributed by atoms with Crippen molar-refractivity contribution in [3.05, 3.63) is 53.3 Å². The first-order valence-electron chi connectivity index (χ1n) is 9.13. The van der Waals surface area contributed by atoms with E-state index >= 15 is 0 Å². The van der Waals surface area contributed by atoms with Gasteiger partial charge in [-0.15, -0.1) is 0 Å². The molecule has 1 aliphatic heterocycles. The van der Waals surface area contributed by atoms with Gasteiger partial charge in [0, 0.05) is 51.9 Å². The Morgan fingerprint density at radius 1 is 1.23 bits per heavy atom. The van der Waals surface area contributed by atoms with Crippen LogP contribution < -0.4 is 0 Å². The van der Waals surface area contributed by atoms with Crippen molar-refractivity contribution in [1.82, 2.24) is 19.6 Å². The van der Waals surface area contributed by atoms with E-state index in [2.05, 4.69) is 16.1 Å². The molecular weight excluding hydrogens is 326 g/mol. The van der Waals surface area contributed by atoms with Gasteiger partial charge < -0.3 is 4.90 Å². The summed E-state index contributed by atoms with van der Waals surface area (Å²) >= 11 is 0. The average Bonchev–Trinajstić information content (AvgIpc) is 3.36. The number of aromatic nitrogens is 2. The summed E-state index contributed by atoms with van der Waals surface area (Å²) in [5.74, 6) is 0.800. The average molecular weight is 349 g/mol. The van der Waals surface area contributed by atoms with E-state index in [1.807, 2.05) is 48.6 Å². The molecule has 1 aliphatic carbocycles. The van der Waals surface area contributed by atoms with Crippen molar-refractivity contribution >= 4 is 5.91 Å². The van der Waals surface area contributed by atoms with Crippen molar-refractivity contribution in [1.29, 1.82) is 5.26 Å². The molecule has 134 valence electrons. The Balaban J connectivity index is 1.27. The van der Waals surface area contributed by atoms with Crippen LogP contribution in [0.2, 0.25) is 0 Å². The van der Waals surface area contributed by atoms with Crippen LogP contribution in [-0.4, -0.2) is 51.7 Å². The minimum atomic E-state index is 0.143. The van der Waals surface area contributed by atoms with Gasteiger partial charge in [-0.2, -0.15) is 10.4 Å². The van der Waals surface area contributed by atoms with E-state index in [1.165, 1.54) is 11.1 Å². The Kier molecular flexibility index (Phi) is 4.48. The Bertz CT molecular complexity index is 827. The third-order valence-corrected chi connectivity index (χ3v) is 5.43. The van der Waals surface area contributed by atoms with Gasteiger partial charge in [-0.1, -0.05) is 12.1 Å². The van der Waals surface area contributed by atoms with Gasteiger partial charge in [0.05, 0.1) is 17.8 Å². The number of hydrogen-bond donors (Lipinski definition) is 0. The first-order chi connectivity index (χ1) is 12.6. The molecule has 0 bridgehead atoms. The lowest BCUT2D eigenvalue weighted by atomic mass is 10.1. The highest BCUT2D eigenvalue weighted by Crippen LogP contribution is 2.48. The highest BCUT2D eigenvalue weighted by Gasteiger charge is 2.46. The van der Waals surface area contributed by atoms with E-state index in [4.69, 9.17) is 5.26 Å². The second-order valence-electron chi connectivity index (χ2n) is 7.31. The maximum atomic E-state index is 12.7. The van der Waals surface area contributed by atoms with Gasteiger partial charge in [0.15, 0.2) is 0 Å². The normalized spacial score (nSPS) is 22.8. The van der Waals surface area contributed by atoms with E-state index in [0.29, 0.717) is 17.4 Å². The van der Waals surface area contributed by atoms with Gasteiger partial charge in [0.2, 0.25) is 5.91 Å². The van der Waals surface area contributed by atoms with Crippen LogP contribution in [-0.2, 0) is 18.4 Å². The van der Waals surface area contributed by atoms with E-state index in [1.54, 1.807) is 4.68 Å². The quantitative estimate of drug-likeness (QED) is 0.843. The lowest BCUT2D eigenvalue weighted by Gasteiger charge is -2.35. The van der Waals surface area contributed by atoms with Crippen LogP contribution in [0.4, 0.5) is 0 Å². The number of nitriles is 1. The lowest BCUT2D eigenvalue weighted by molar-refractivity contribution is -0.134.